The second-order valence-corrected chi connectivity index (χ2v) is 11.0. The van der Waals surface area contributed by atoms with Crippen molar-refractivity contribution in [2.24, 2.45) is 0 Å². The molecule has 0 aliphatic rings. The Labute approximate surface area is 201 Å². The van der Waals surface area contributed by atoms with Gasteiger partial charge in [-0.2, -0.15) is 5.10 Å². The minimum Gasteiger partial charge on any atom is -0.328 e. The van der Waals surface area contributed by atoms with E-state index in [4.69, 9.17) is 4.98 Å². The number of rotatable bonds is 12. The number of aromatic nitrogens is 4. The van der Waals surface area contributed by atoms with Crippen LogP contribution in [0.5, 0.6) is 0 Å². The topological polar surface area (TPSA) is 105 Å². The summed E-state index contributed by atoms with van der Waals surface area (Å²) in [5, 5.41) is 7.18. The first-order valence-corrected chi connectivity index (χ1v) is 12.9. The Balaban J connectivity index is 1.74. The minimum absolute atomic E-state index is 0.114. The predicted molar refractivity (Wildman–Crippen MR) is 133 cm³/mol. The van der Waals surface area contributed by atoms with Crippen LogP contribution in [0.2, 0.25) is 0 Å². The third-order valence-corrected chi connectivity index (χ3v) is 7.39. The van der Waals surface area contributed by atoms with Gasteiger partial charge >= 0.3 is 0 Å². The molecule has 3 rings (SSSR count). The van der Waals surface area contributed by atoms with Crippen LogP contribution < -0.4 is 5.32 Å². The maximum Gasteiger partial charge on any atom is 0.242 e. The fourth-order valence-electron chi connectivity index (χ4n) is 3.59. The molecule has 1 N–H and O–H groups in total. The molecule has 0 saturated carbocycles. The van der Waals surface area contributed by atoms with E-state index in [2.05, 4.69) is 26.8 Å². The molecular formula is C23H35N7O3S. The molecule has 186 valence electrons. The first-order chi connectivity index (χ1) is 16.1. The Bertz CT molecular complexity index is 1230. The van der Waals surface area contributed by atoms with Gasteiger partial charge in [0.2, 0.25) is 15.9 Å². The van der Waals surface area contributed by atoms with Gasteiger partial charge in [-0.3, -0.25) is 9.48 Å². The smallest absolute Gasteiger partial charge is 0.242 e. The summed E-state index contributed by atoms with van der Waals surface area (Å²) >= 11 is 0. The summed E-state index contributed by atoms with van der Waals surface area (Å²) in [7, 11) is 3.48. The van der Waals surface area contributed by atoms with Crippen molar-refractivity contribution in [2.75, 3.05) is 40.1 Å². The average molecular weight is 490 g/mol. The van der Waals surface area contributed by atoms with Crippen molar-refractivity contribution >= 4 is 32.7 Å². The molecule has 0 spiro atoms. The van der Waals surface area contributed by atoms with E-state index in [1.165, 1.54) is 18.4 Å². The molecule has 0 saturated heterocycles. The molecular weight excluding hydrogens is 454 g/mol. The summed E-state index contributed by atoms with van der Waals surface area (Å²) in [4.78, 5) is 19.6. The van der Waals surface area contributed by atoms with Crippen LogP contribution in [0.4, 0.5) is 5.69 Å². The number of unbranched alkanes of at least 4 members (excludes halogenated alkanes) is 1. The lowest BCUT2D eigenvalue weighted by Gasteiger charge is -2.11. The Kier molecular flexibility index (Phi) is 8.45. The molecule has 0 radical (unpaired) electrons. The van der Waals surface area contributed by atoms with E-state index in [1.807, 2.05) is 20.3 Å². The number of hydrogen-bond acceptors (Lipinski definition) is 6. The standard InChI is InChI=1S/C23H35N7O3S/c1-6-7-12-30-21-9-8-19(34(32,33)28(4)5)15-20(21)26-22(30)10-11-23(31)25-18-16-24-29(17-18)14-13-27(2)3/h8-9,15-17H,6-7,10-14H2,1-5H3,(H,25,31). The molecule has 1 amide bonds. The van der Waals surface area contributed by atoms with Crippen LogP contribution in [-0.2, 0) is 34.3 Å². The highest BCUT2D eigenvalue weighted by molar-refractivity contribution is 7.89. The summed E-state index contributed by atoms with van der Waals surface area (Å²) in [6.07, 6.45) is 6.18. The van der Waals surface area contributed by atoms with Crippen LogP contribution in [0.25, 0.3) is 11.0 Å². The molecule has 0 fully saturated rings. The summed E-state index contributed by atoms with van der Waals surface area (Å²) in [6, 6.07) is 5.03. The van der Waals surface area contributed by atoms with Crippen molar-refractivity contribution in [1.82, 2.24) is 28.5 Å². The number of carbonyl (C=O) groups is 1. The van der Waals surface area contributed by atoms with Crippen molar-refractivity contribution in [3.8, 4) is 0 Å². The quantitative estimate of drug-likeness (QED) is 0.419. The zero-order chi connectivity index (χ0) is 24.9. The minimum atomic E-state index is -3.55. The number of hydrogen-bond donors (Lipinski definition) is 1. The van der Waals surface area contributed by atoms with Crippen LogP contribution in [0.15, 0.2) is 35.5 Å². The van der Waals surface area contributed by atoms with Gasteiger partial charge in [-0.05, 0) is 38.7 Å². The molecule has 10 nitrogen and oxygen atoms in total. The first kappa shape index (κ1) is 25.9. The third kappa shape index (κ3) is 6.22. The van der Waals surface area contributed by atoms with Crippen LogP contribution in [0.1, 0.15) is 32.0 Å². The number of imidazole rings is 1. The molecule has 0 aliphatic heterocycles. The van der Waals surface area contributed by atoms with Gasteiger partial charge in [0.1, 0.15) is 5.82 Å². The lowest BCUT2D eigenvalue weighted by molar-refractivity contribution is -0.116. The van der Waals surface area contributed by atoms with E-state index in [-0.39, 0.29) is 17.2 Å². The van der Waals surface area contributed by atoms with Gasteiger partial charge in [-0.15, -0.1) is 0 Å². The van der Waals surface area contributed by atoms with E-state index in [9.17, 15) is 13.2 Å². The molecule has 2 heterocycles. The lowest BCUT2D eigenvalue weighted by Crippen LogP contribution is -2.22. The maximum absolute atomic E-state index is 12.6. The van der Waals surface area contributed by atoms with Crippen molar-refractivity contribution < 1.29 is 13.2 Å². The van der Waals surface area contributed by atoms with E-state index in [1.54, 1.807) is 29.1 Å². The SMILES string of the molecule is CCCCn1c(CCC(=O)Nc2cnn(CCN(C)C)c2)nc2cc(S(=O)(=O)N(C)C)ccc21. The van der Waals surface area contributed by atoms with Crippen molar-refractivity contribution in [3.05, 3.63) is 36.4 Å². The number of carbonyl (C=O) groups excluding carboxylic acids is 1. The molecule has 3 aromatic rings. The highest BCUT2D eigenvalue weighted by atomic mass is 32.2. The van der Waals surface area contributed by atoms with Crippen LogP contribution in [0.3, 0.4) is 0 Å². The average Bonchev–Trinajstić information content (AvgIpc) is 3.37. The number of likely N-dealkylation sites (N-methyl/N-ethyl adjacent to an activating group) is 1. The molecule has 34 heavy (non-hydrogen) atoms. The fraction of sp³-hybridized carbons (Fsp3) is 0.522. The van der Waals surface area contributed by atoms with E-state index < -0.39 is 10.0 Å². The number of fused-ring (bicyclic) bond motifs is 1. The zero-order valence-corrected chi connectivity index (χ0v) is 21.5. The van der Waals surface area contributed by atoms with E-state index >= 15 is 0 Å². The Hall–Kier alpha value is -2.76. The first-order valence-electron chi connectivity index (χ1n) is 11.5. The molecule has 1 aromatic carbocycles. The second kappa shape index (κ2) is 11.1. The van der Waals surface area contributed by atoms with Crippen molar-refractivity contribution in [2.45, 2.75) is 50.6 Å². The molecule has 0 aliphatic carbocycles. The molecule has 11 heteroatoms. The molecule has 2 aromatic heterocycles. The van der Waals surface area contributed by atoms with Gasteiger partial charge < -0.3 is 14.8 Å². The van der Waals surface area contributed by atoms with Gasteiger partial charge in [-0.1, -0.05) is 13.3 Å². The van der Waals surface area contributed by atoms with Crippen molar-refractivity contribution in [1.29, 1.82) is 0 Å². The summed E-state index contributed by atoms with van der Waals surface area (Å²) < 4.78 is 30.2. The predicted octanol–water partition coefficient (Wildman–Crippen LogP) is 2.42. The lowest BCUT2D eigenvalue weighted by atomic mass is 10.2. The number of nitrogens with zero attached hydrogens (tertiary/aromatic N) is 6. The third-order valence-electron chi connectivity index (χ3n) is 5.58. The normalized spacial score (nSPS) is 12.2. The number of nitrogens with one attached hydrogen (secondary N) is 1. The zero-order valence-electron chi connectivity index (χ0n) is 20.7. The summed E-state index contributed by atoms with van der Waals surface area (Å²) in [5.41, 5.74) is 2.17. The van der Waals surface area contributed by atoms with Gasteiger partial charge in [0.15, 0.2) is 0 Å². The highest BCUT2D eigenvalue weighted by Gasteiger charge is 2.20. The van der Waals surface area contributed by atoms with Gasteiger partial charge in [0.25, 0.3) is 0 Å². The Morgan fingerprint density at radius 1 is 1.15 bits per heavy atom. The summed E-state index contributed by atoms with van der Waals surface area (Å²) in [6.45, 7) is 4.49. The fourth-order valence-corrected chi connectivity index (χ4v) is 4.51. The number of amides is 1. The van der Waals surface area contributed by atoms with E-state index in [0.717, 1.165) is 43.8 Å². The maximum atomic E-state index is 12.6. The van der Waals surface area contributed by atoms with Gasteiger partial charge in [0.05, 0.1) is 34.4 Å². The Morgan fingerprint density at radius 3 is 2.59 bits per heavy atom. The molecule has 0 bridgehead atoms. The van der Waals surface area contributed by atoms with Crippen LogP contribution in [0, 0.1) is 0 Å². The second-order valence-electron chi connectivity index (χ2n) is 8.81. The Morgan fingerprint density at radius 2 is 1.91 bits per heavy atom. The van der Waals surface area contributed by atoms with Crippen LogP contribution in [-0.4, -0.2) is 77.6 Å². The molecule has 0 atom stereocenters. The largest absolute Gasteiger partial charge is 0.328 e. The molecule has 0 unspecified atom stereocenters. The monoisotopic (exact) mass is 489 g/mol. The van der Waals surface area contributed by atoms with Gasteiger partial charge in [0, 0.05) is 46.2 Å². The number of anilines is 1. The van der Waals surface area contributed by atoms with Crippen molar-refractivity contribution in [3.63, 3.8) is 0 Å². The van der Waals surface area contributed by atoms with Crippen LogP contribution >= 0.6 is 0 Å². The number of aryl methyl sites for hydroxylation is 2. The highest BCUT2D eigenvalue weighted by Crippen LogP contribution is 2.23. The van der Waals surface area contributed by atoms with E-state index in [0.29, 0.717) is 17.6 Å². The van der Waals surface area contributed by atoms with Gasteiger partial charge in [-0.25, -0.2) is 17.7 Å². The summed E-state index contributed by atoms with van der Waals surface area (Å²) in [5.74, 6) is 0.664. The number of sulfonamides is 1. The number of benzene rings is 1.